The lowest BCUT2D eigenvalue weighted by Gasteiger charge is -2.31. The largest absolute Gasteiger partial charge is 0.491 e. The first kappa shape index (κ1) is 16.5. The fourth-order valence-corrected chi connectivity index (χ4v) is 2.71. The third-order valence-electron chi connectivity index (χ3n) is 3.78. The summed E-state index contributed by atoms with van der Waals surface area (Å²) in [5, 5.41) is 5.21. The Bertz CT molecular complexity index is 517. The molecule has 0 radical (unpaired) electrons. The number of anilines is 1. The summed E-state index contributed by atoms with van der Waals surface area (Å²) >= 11 is 0. The van der Waals surface area contributed by atoms with Crippen LogP contribution in [-0.4, -0.2) is 32.4 Å². The number of hydrogen-bond donors (Lipinski definition) is 2. The number of amides is 2. The summed E-state index contributed by atoms with van der Waals surface area (Å²) in [7, 11) is 2.78. The van der Waals surface area contributed by atoms with E-state index in [9.17, 15) is 13.6 Å². The van der Waals surface area contributed by atoms with E-state index in [0.29, 0.717) is 0 Å². The van der Waals surface area contributed by atoms with E-state index in [2.05, 4.69) is 15.4 Å². The summed E-state index contributed by atoms with van der Waals surface area (Å²) in [6.07, 6.45) is 3.73. The number of hydrogen-bond acceptors (Lipinski definition) is 3. The second kappa shape index (κ2) is 7.40. The Morgan fingerprint density at radius 3 is 2.41 bits per heavy atom. The second-order valence-electron chi connectivity index (χ2n) is 5.24. The van der Waals surface area contributed by atoms with Crippen LogP contribution in [0.15, 0.2) is 12.1 Å². The lowest BCUT2D eigenvalue weighted by atomic mass is 9.92. The van der Waals surface area contributed by atoms with E-state index >= 15 is 0 Å². The van der Waals surface area contributed by atoms with E-state index in [0.717, 1.165) is 37.8 Å². The number of rotatable bonds is 4. The summed E-state index contributed by atoms with van der Waals surface area (Å²) in [5.74, 6) is -2.21. The van der Waals surface area contributed by atoms with Gasteiger partial charge in [-0.1, -0.05) is 12.8 Å². The highest BCUT2D eigenvalue weighted by Gasteiger charge is 2.26. The van der Waals surface area contributed by atoms with Gasteiger partial charge in [0, 0.05) is 24.9 Å². The molecule has 1 saturated carbocycles. The number of nitrogens with one attached hydrogen (secondary N) is 2. The van der Waals surface area contributed by atoms with Gasteiger partial charge in [-0.3, -0.25) is 0 Å². The van der Waals surface area contributed by atoms with E-state index in [1.165, 1.54) is 7.11 Å². The zero-order chi connectivity index (χ0) is 16.1. The minimum Gasteiger partial charge on any atom is -0.491 e. The van der Waals surface area contributed by atoms with Gasteiger partial charge in [0.05, 0.1) is 19.3 Å². The molecule has 2 amide bonds. The fraction of sp³-hybridized carbons (Fsp3) is 0.533. The first-order valence-corrected chi connectivity index (χ1v) is 7.18. The van der Waals surface area contributed by atoms with Crippen LogP contribution in [0, 0.1) is 11.6 Å². The standard InChI is InChI=1S/C15H20F2N2O3/c1-21-13-6-4-3-5-12(13)19-15(20)18-9-7-10(16)14(22-2)11(17)8-9/h7-8,12-13H,3-6H2,1-2H3,(H2,18,19,20)/t12-,13+/m1/s1. The van der Waals surface area contributed by atoms with Crippen molar-refractivity contribution in [2.75, 3.05) is 19.5 Å². The molecule has 0 saturated heterocycles. The normalized spacial score (nSPS) is 21.3. The molecular weight excluding hydrogens is 294 g/mol. The van der Waals surface area contributed by atoms with Crippen molar-refractivity contribution in [1.29, 1.82) is 0 Å². The minimum absolute atomic E-state index is 0.0260. The zero-order valence-electron chi connectivity index (χ0n) is 12.6. The maximum atomic E-state index is 13.6. The van der Waals surface area contributed by atoms with Gasteiger partial charge >= 0.3 is 6.03 Å². The number of carbonyl (C=O) groups is 1. The number of carbonyl (C=O) groups excluding carboxylic acids is 1. The van der Waals surface area contributed by atoms with E-state index in [1.54, 1.807) is 7.11 Å². The predicted octanol–water partition coefficient (Wildman–Crippen LogP) is 3.05. The number of benzene rings is 1. The maximum absolute atomic E-state index is 13.6. The Hall–Kier alpha value is -1.89. The summed E-state index contributed by atoms with van der Waals surface area (Å²) in [5.41, 5.74) is 0.0260. The molecule has 1 fully saturated rings. The topological polar surface area (TPSA) is 59.6 Å². The van der Waals surface area contributed by atoms with Gasteiger partial charge in [0.1, 0.15) is 0 Å². The Morgan fingerprint density at radius 2 is 1.82 bits per heavy atom. The molecule has 0 heterocycles. The van der Waals surface area contributed by atoms with Crippen LogP contribution in [-0.2, 0) is 4.74 Å². The number of halogens is 2. The Morgan fingerprint density at radius 1 is 1.18 bits per heavy atom. The highest BCUT2D eigenvalue weighted by atomic mass is 19.1. The molecule has 2 atom stereocenters. The number of ether oxygens (including phenoxy) is 2. The lowest BCUT2D eigenvalue weighted by molar-refractivity contribution is 0.0459. The summed E-state index contributed by atoms with van der Waals surface area (Å²) in [6, 6.07) is 1.40. The molecule has 0 aliphatic heterocycles. The maximum Gasteiger partial charge on any atom is 0.319 e. The van der Waals surface area contributed by atoms with Crippen molar-refractivity contribution in [3.8, 4) is 5.75 Å². The Balaban J connectivity index is 2.00. The molecule has 1 aliphatic rings. The molecule has 1 aromatic carbocycles. The van der Waals surface area contributed by atoms with Crippen LogP contribution in [0.3, 0.4) is 0 Å². The molecule has 0 bridgehead atoms. The van der Waals surface area contributed by atoms with Gasteiger partial charge in [0.25, 0.3) is 0 Å². The summed E-state index contributed by atoms with van der Waals surface area (Å²) in [6.45, 7) is 0. The fourth-order valence-electron chi connectivity index (χ4n) is 2.71. The molecule has 0 unspecified atom stereocenters. The van der Waals surface area contributed by atoms with E-state index in [4.69, 9.17) is 4.74 Å². The van der Waals surface area contributed by atoms with Crippen LogP contribution in [0.5, 0.6) is 5.75 Å². The monoisotopic (exact) mass is 314 g/mol. The van der Waals surface area contributed by atoms with Gasteiger partial charge in [-0.05, 0) is 12.8 Å². The molecule has 0 aromatic heterocycles. The number of methoxy groups -OCH3 is 2. The number of urea groups is 1. The van der Waals surface area contributed by atoms with E-state index in [-0.39, 0.29) is 17.8 Å². The third kappa shape index (κ3) is 3.85. The molecular formula is C15H20F2N2O3. The molecule has 1 aliphatic carbocycles. The molecule has 22 heavy (non-hydrogen) atoms. The van der Waals surface area contributed by atoms with Crippen LogP contribution in [0.25, 0.3) is 0 Å². The zero-order valence-corrected chi connectivity index (χ0v) is 12.6. The Kier molecular flexibility index (Phi) is 5.54. The van der Waals surface area contributed by atoms with Crippen molar-refractivity contribution in [3.63, 3.8) is 0 Å². The lowest BCUT2D eigenvalue weighted by Crippen LogP contribution is -2.47. The van der Waals surface area contributed by atoms with E-state index < -0.39 is 23.4 Å². The van der Waals surface area contributed by atoms with Gasteiger partial charge in [-0.25, -0.2) is 13.6 Å². The highest BCUT2D eigenvalue weighted by molar-refractivity contribution is 5.89. The van der Waals surface area contributed by atoms with Crippen molar-refractivity contribution in [1.82, 2.24) is 5.32 Å². The van der Waals surface area contributed by atoms with Crippen LogP contribution in [0.2, 0.25) is 0 Å². The van der Waals surface area contributed by atoms with Crippen molar-refractivity contribution >= 4 is 11.7 Å². The SMILES string of the molecule is COc1c(F)cc(NC(=O)N[C@@H]2CCCC[C@@H]2OC)cc1F. The van der Waals surface area contributed by atoms with Gasteiger partial charge < -0.3 is 20.1 Å². The molecule has 2 N–H and O–H groups in total. The predicted molar refractivity (Wildman–Crippen MR) is 78.1 cm³/mol. The van der Waals surface area contributed by atoms with Crippen LogP contribution in [0.4, 0.5) is 19.3 Å². The molecule has 1 aromatic rings. The molecule has 2 rings (SSSR count). The molecule has 0 spiro atoms. The van der Waals surface area contributed by atoms with E-state index in [1.807, 2.05) is 0 Å². The molecule has 7 heteroatoms. The van der Waals surface area contributed by atoms with Gasteiger partial charge in [0.15, 0.2) is 17.4 Å². The van der Waals surface area contributed by atoms with Crippen molar-refractivity contribution in [3.05, 3.63) is 23.8 Å². The Labute approximate surface area is 128 Å². The van der Waals surface area contributed by atoms with Gasteiger partial charge in [-0.2, -0.15) is 0 Å². The first-order chi connectivity index (χ1) is 10.5. The quantitative estimate of drug-likeness (QED) is 0.898. The van der Waals surface area contributed by atoms with Crippen molar-refractivity contribution < 1.29 is 23.0 Å². The van der Waals surface area contributed by atoms with Crippen LogP contribution in [0.1, 0.15) is 25.7 Å². The highest BCUT2D eigenvalue weighted by Crippen LogP contribution is 2.25. The van der Waals surface area contributed by atoms with Gasteiger partial charge in [-0.15, -0.1) is 0 Å². The third-order valence-corrected chi connectivity index (χ3v) is 3.78. The average molecular weight is 314 g/mol. The first-order valence-electron chi connectivity index (χ1n) is 7.18. The minimum atomic E-state index is -0.870. The average Bonchev–Trinajstić information content (AvgIpc) is 2.47. The second-order valence-corrected chi connectivity index (χ2v) is 5.24. The van der Waals surface area contributed by atoms with Crippen LogP contribution >= 0.6 is 0 Å². The van der Waals surface area contributed by atoms with Gasteiger partial charge in [0.2, 0.25) is 0 Å². The molecule has 122 valence electrons. The summed E-state index contributed by atoms with van der Waals surface area (Å²) in [4.78, 5) is 12.0. The summed E-state index contributed by atoms with van der Waals surface area (Å²) < 4.78 is 37.1. The van der Waals surface area contributed by atoms with Crippen molar-refractivity contribution in [2.45, 2.75) is 37.8 Å². The van der Waals surface area contributed by atoms with Crippen LogP contribution < -0.4 is 15.4 Å². The molecule has 5 nitrogen and oxygen atoms in total. The van der Waals surface area contributed by atoms with Crippen molar-refractivity contribution in [2.24, 2.45) is 0 Å². The smallest absolute Gasteiger partial charge is 0.319 e.